The summed E-state index contributed by atoms with van der Waals surface area (Å²) >= 11 is 1.13. The van der Waals surface area contributed by atoms with Gasteiger partial charge in [0.25, 0.3) is 11.5 Å². The number of rotatable bonds is 8. The lowest BCUT2D eigenvalue weighted by atomic mass is 10.0. The molecule has 8 nitrogen and oxygen atoms in total. The number of carbonyl (C=O) groups is 1. The molecule has 4 aromatic carbocycles. The van der Waals surface area contributed by atoms with Crippen molar-refractivity contribution in [3.05, 3.63) is 101 Å². The number of amides is 1. The normalized spacial score (nSPS) is 11.3. The quantitative estimate of drug-likeness (QED) is 0.130. The van der Waals surface area contributed by atoms with Gasteiger partial charge in [0, 0.05) is 5.56 Å². The van der Waals surface area contributed by atoms with Crippen molar-refractivity contribution in [3.8, 4) is 17.2 Å². The first-order valence-corrected chi connectivity index (χ1v) is 12.9. The maximum Gasteiger partial charge on any atom is 0.266 e. The number of hydrogen-bond donors (Lipinski definition) is 2. The molecule has 0 aliphatic carbocycles. The lowest BCUT2D eigenvalue weighted by Crippen LogP contribution is -2.24. The first-order chi connectivity index (χ1) is 18.5. The van der Waals surface area contributed by atoms with Gasteiger partial charge in [0.2, 0.25) is 0 Å². The van der Waals surface area contributed by atoms with E-state index in [-0.39, 0.29) is 23.0 Å². The summed E-state index contributed by atoms with van der Waals surface area (Å²) in [4.78, 5) is 30.7. The Bertz CT molecular complexity index is 1710. The van der Waals surface area contributed by atoms with Gasteiger partial charge in [-0.15, -0.1) is 0 Å². The highest BCUT2D eigenvalue weighted by Gasteiger charge is 2.15. The van der Waals surface area contributed by atoms with E-state index in [0.29, 0.717) is 39.7 Å². The Kier molecular flexibility index (Phi) is 7.37. The van der Waals surface area contributed by atoms with Crippen molar-refractivity contribution in [1.29, 1.82) is 0 Å². The van der Waals surface area contributed by atoms with Crippen LogP contribution >= 0.6 is 11.8 Å². The van der Waals surface area contributed by atoms with Crippen LogP contribution < -0.4 is 15.7 Å². The summed E-state index contributed by atoms with van der Waals surface area (Å²) in [7, 11) is 0. The molecule has 1 amide bonds. The minimum absolute atomic E-state index is 0.0271. The predicted molar refractivity (Wildman–Crippen MR) is 151 cm³/mol. The topological polar surface area (TPSA) is 106 Å². The second kappa shape index (κ2) is 11.2. The number of benzene rings is 4. The van der Waals surface area contributed by atoms with E-state index in [0.717, 1.165) is 22.5 Å². The number of fused-ring (bicyclic) bond motifs is 2. The average Bonchev–Trinajstić information content (AvgIpc) is 2.94. The van der Waals surface area contributed by atoms with Gasteiger partial charge in [-0.1, -0.05) is 54.2 Å². The third-order valence-electron chi connectivity index (χ3n) is 5.81. The lowest BCUT2D eigenvalue weighted by Gasteiger charge is -2.13. The smallest absolute Gasteiger partial charge is 0.266 e. The van der Waals surface area contributed by atoms with Gasteiger partial charge in [-0.05, 0) is 60.2 Å². The minimum atomic E-state index is -0.383. The van der Waals surface area contributed by atoms with Crippen LogP contribution in [0, 0.1) is 0 Å². The van der Waals surface area contributed by atoms with Crippen molar-refractivity contribution in [2.24, 2.45) is 5.10 Å². The highest BCUT2D eigenvalue weighted by atomic mass is 32.2. The summed E-state index contributed by atoms with van der Waals surface area (Å²) in [6.07, 6.45) is 1.42. The molecule has 0 atom stereocenters. The van der Waals surface area contributed by atoms with Crippen LogP contribution in [0.3, 0.4) is 0 Å². The second-order valence-electron chi connectivity index (χ2n) is 8.28. The summed E-state index contributed by atoms with van der Waals surface area (Å²) in [6, 6.07) is 25.3. The molecular weight excluding hydrogens is 500 g/mol. The van der Waals surface area contributed by atoms with E-state index in [1.807, 2.05) is 43.3 Å². The summed E-state index contributed by atoms with van der Waals surface area (Å²) in [5.74, 6) is 0.352. The molecule has 0 radical (unpaired) electrons. The molecule has 5 rings (SSSR count). The van der Waals surface area contributed by atoms with Crippen molar-refractivity contribution in [2.75, 3.05) is 12.4 Å². The predicted octanol–water partition coefficient (Wildman–Crippen LogP) is 4.89. The number of nitrogens with one attached hydrogen (secondary N) is 1. The molecule has 0 aliphatic heterocycles. The number of aromatic hydroxyl groups is 1. The van der Waals surface area contributed by atoms with Crippen molar-refractivity contribution in [2.45, 2.75) is 12.1 Å². The van der Waals surface area contributed by atoms with Crippen molar-refractivity contribution in [3.63, 3.8) is 0 Å². The summed E-state index contributed by atoms with van der Waals surface area (Å²) < 4.78 is 7.01. The Morgan fingerprint density at radius 3 is 2.55 bits per heavy atom. The monoisotopic (exact) mass is 524 g/mol. The minimum Gasteiger partial charge on any atom is -0.507 e. The third kappa shape index (κ3) is 5.23. The number of hydrazone groups is 1. The zero-order valence-corrected chi connectivity index (χ0v) is 21.3. The molecule has 1 aromatic heterocycles. The summed E-state index contributed by atoms with van der Waals surface area (Å²) in [6.45, 7) is 2.44. The number of carbonyl (C=O) groups excluding carboxylic acids is 1. The van der Waals surface area contributed by atoms with E-state index in [4.69, 9.17) is 4.74 Å². The van der Waals surface area contributed by atoms with Gasteiger partial charge >= 0.3 is 0 Å². The first kappa shape index (κ1) is 25.0. The van der Waals surface area contributed by atoms with E-state index >= 15 is 0 Å². The number of hydrogen-bond acceptors (Lipinski definition) is 7. The Labute approximate surface area is 222 Å². The number of phenolic OH excluding ortho intramolecular Hbond substituents is 1. The molecular formula is C29H24N4O4S. The van der Waals surface area contributed by atoms with Crippen molar-refractivity contribution in [1.82, 2.24) is 15.0 Å². The third-order valence-corrected chi connectivity index (χ3v) is 6.75. The van der Waals surface area contributed by atoms with Gasteiger partial charge in [-0.3, -0.25) is 14.2 Å². The molecule has 0 bridgehead atoms. The summed E-state index contributed by atoms with van der Waals surface area (Å²) in [5.41, 5.74) is 3.94. The molecule has 9 heteroatoms. The molecule has 38 heavy (non-hydrogen) atoms. The Hall–Kier alpha value is -4.63. The van der Waals surface area contributed by atoms with E-state index in [1.54, 1.807) is 48.5 Å². The van der Waals surface area contributed by atoms with Gasteiger partial charge in [-0.25, -0.2) is 10.4 Å². The zero-order chi connectivity index (χ0) is 26.5. The molecule has 0 spiro atoms. The molecule has 0 unspecified atom stereocenters. The number of phenols is 1. The standard InChI is InChI=1S/C29H24N4O4S/c1-2-37-21-14-12-20(13-15-21)33-28(36)23-9-5-6-10-25(23)31-29(33)38-18-27(35)32-30-17-24-22-8-4-3-7-19(22)11-16-26(24)34/h3-17,34H,2,18H2,1H3,(H,32,35)/b30-17+. The van der Waals surface area contributed by atoms with Crippen LogP contribution in [0.15, 0.2) is 100.0 Å². The van der Waals surface area contributed by atoms with E-state index < -0.39 is 0 Å². The van der Waals surface area contributed by atoms with Gasteiger partial charge in [-0.2, -0.15) is 5.10 Å². The maximum absolute atomic E-state index is 13.4. The number of nitrogens with zero attached hydrogens (tertiary/aromatic N) is 3. The highest BCUT2D eigenvalue weighted by Crippen LogP contribution is 2.26. The van der Waals surface area contributed by atoms with Crippen LogP contribution in [0.25, 0.3) is 27.4 Å². The van der Waals surface area contributed by atoms with Gasteiger partial charge in [0.1, 0.15) is 11.5 Å². The zero-order valence-electron chi connectivity index (χ0n) is 20.5. The van der Waals surface area contributed by atoms with E-state index in [9.17, 15) is 14.7 Å². The fourth-order valence-corrected chi connectivity index (χ4v) is 4.85. The fraction of sp³-hybridized carbons (Fsp3) is 0.103. The molecule has 1 heterocycles. The lowest BCUT2D eigenvalue weighted by molar-refractivity contribution is -0.118. The molecule has 5 aromatic rings. The van der Waals surface area contributed by atoms with Crippen LogP contribution in [0.2, 0.25) is 0 Å². The number of para-hydroxylation sites is 1. The highest BCUT2D eigenvalue weighted by molar-refractivity contribution is 7.99. The van der Waals surface area contributed by atoms with E-state index in [2.05, 4.69) is 15.5 Å². The molecule has 2 N–H and O–H groups in total. The van der Waals surface area contributed by atoms with Crippen LogP contribution in [0.1, 0.15) is 12.5 Å². The van der Waals surface area contributed by atoms with Crippen LogP contribution in [0.4, 0.5) is 0 Å². The number of ether oxygens (including phenoxy) is 1. The Morgan fingerprint density at radius 2 is 1.76 bits per heavy atom. The van der Waals surface area contributed by atoms with Crippen LogP contribution in [0.5, 0.6) is 11.5 Å². The van der Waals surface area contributed by atoms with Crippen LogP contribution in [-0.4, -0.2) is 39.1 Å². The second-order valence-corrected chi connectivity index (χ2v) is 9.22. The molecule has 190 valence electrons. The van der Waals surface area contributed by atoms with Gasteiger partial charge < -0.3 is 9.84 Å². The van der Waals surface area contributed by atoms with Gasteiger partial charge in [0.15, 0.2) is 5.16 Å². The Morgan fingerprint density at radius 1 is 1.03 bits per heavy atom. The largest absolute Gasteiger partial charge is 0.507 e. The van der Waals surface area contributed by atoms with Gasteiger partial charge in [0.05, 0.1) is 35.2 Å². The average molecular weight is 525 g/mol. The molecule has 0 saturated heterocycles. The first-order valence-electron chi connectivity index (χ1n) is 12.0. The molecule has 0 aliphatic rings. The maximum atomic E-state index is 13.4. The van der Waals surface area contributed by atoms with Crippen molar-refractivity contribution >= 4 is 45.6 Å². The number of aromatic nitrogens is 2. The number of thioether (sulfide) groups is 1. The fourth-order valence-electron chi connectivity index (χ4n) is 4.05. The van der Waals surface area contributed by atoms with Crippen molar-refractivity contribution < 1.29 is 14.6 Å². The van der Waals surface area contributed by atoms with Crippen LogP contribution in [-0.2, 0) is 4.79 Å². The molecule has 0 saturated carbocycles. The Balaban J connectivity index is 1.37. The molecule has 0 fully saturated rings. The van der Waals surface area contributed by atoms with E-state index in [1.165, 1.54) is 10.8 Å². The SMILES string of the molecule is CCOc1ccc(-n2c(SCC(=O)N/N=C/c3c(O)ccc4ccccc34)nc3ccccc3c2=O)cc1. The summed E-state index contributed by atoms with van der Waals surface area (Å²) in [5, 5.41) is 16.9.